The molecule has 0 radical (unpaired) electrons. The highest BCUT2D eigenvalue weighted by Gasteiger charge is 2.36. The molecule has 0 aliphatic carbocycles. The number of halogens is 2. The molecule has 0 bridgehead atoms. The third-order valence-corrected chi connectivity index (χ3v) is 7.20. The molecule has 1 N–H and O–H groups in total. The van der Waals surface area contributed by atoms with Gasteiger partial charge in [0.2, 0.25) is 11.8 Å². The normalized spacial score (nSPS) is 16.5. The number of benzene rings is 3. The number of aliphatic imine (C=N–C) groups is 1. The number of nitrogens with one attached hydrogen (secondary N) is 1. The van der Waals surface area contributed by atoms with Crippen LogP contribution in [0.1, 0.15) is 12.0 Å². The Morgan fingerprint density at radius 1 is 1.11 bits per heavy atom. The molecular weight excluding hydrogens is 517 g/mol. The van der Waals surface area contributed by atoms with E-state index in [2.05, 4.69) is 10.3 Å². The molecule has 10 heteroatoms. The number of para-hydroxylation sites is 1. The Bertz CT molecular complexity index is 1320. The van der Waals surface area contributed by atoms with Gasteiger partial charge in [0, 0.05) is 13.0 Å². The van der Waals surface area contributed by atoms with E-state index in [1.807, 2.05) is 18.2 Å². The summed E-state index contributed by atoms with van der Waals surface area (Å²) in [6.45, 7) is 0.334. The summed E-state index contributed by atoms with van der Waals surface area (Å²) in [6.07, 6.45) is 0.515. The standard InChI is InChI=1S/C27H25ClFN3O4S/c1-35-22-12-7-17(15-23(22)36-2)13-14-32-25(33)16-24(26(34)31-21-6-4-3-5-20(21)28)37-27(32)30-19-10-8-18(29)9-11-19/h3-12,15,24H,13-14,16H2,1-2H3,(H,31,34)/t24-/m1/s1. The van der Waals surface area contributed by atoms with E-state index in [1.165, 1.54) is 36.0 Å². The van der Waals surface area contributed by atoms with Crippen molar-refractivity contribution in [2.75, 3.05) is 26.1 Å². The van der Waals surface area contributed by atoms with Crippen molar-refractivity contribution in [2.24, 2.45) is 4.99 Å². The summed E-state index contributed by atoms with van der Waals surface area (Å²) in [6, 6.07) is 18.1. The summed E-state index contributed by atoms with van der Waals surface area (Å²) in [4.78, 5) is 32.4. The molecule has 0 spiro atoms. The van der Waals surface area contributed by atoms with Gasteiger partial charge in [0.1, 0.15) is 11.1 Å². The first-order valence-corrected chi connectivity index (χ1v) is 12.7. The fourth-order valence-electron chi connectivity index (χ4n) is 3.74. The summed E-state index contributed by atoms with van der Waals surface area (Å²) < 4.78 is 24.1. The van der Waals surface area contributed by atoms with Gasteiger partial charge in [-0.1, -0.05) is 41.6 Å². The highest BCUT2D eigenvalue weighted by atomic mass is 35.5. The minimum absolute atomic E-state index is 0.00464. The Labute approximate surface area is 223 Å². The first-order chi connectivity index (χ1) is 17.9. The molecule has 1 aliphatic heterocycles. The van der Waals surface area contributed by atoms with Gasteiger partial charge < -0.3 is 14.8 Å². The van der Waals surface area contributed by atoms with Crippen LogP contribution in [0.5, 0.6) is 11.5 Å². The molecule has 3 aromatic carbocycles. The molecule has 192 valence electrons. The van der Waals surface area contributed by atoms with E-state index in [9.17, 15) is 14.0 Å². The number of carbonyl (C=O) groups excluding carboxylic acids is 2. The lowest BCUT2D eigenvalue weighted by atomic mass is 10.1. The van der Waals surface area contributed by atoms with Crippen molar-refractivity contribution in [3.05, 3.63) is 83.1 Å². The van der Waals surface area contributed by atoms with Crippen LogP contribution in [0.2, 0.25) is 5.02 Å². The molecule has 0 aromatic heterocycles. The number of thioether (sulfide) groups is 1. The molecule has 37 heavy (non-hydrogen) atoms. The van der Waals surface area contributed by atoms with E-state index in [1.54, 1.807) is 43.4 Å². The van der Waals surface area contributed by atoms with Crippen molar-refractivity contribution in [3.8, 4) is 11.5 Å². The number of anilines is 1. The third-order valence-electron chi connectivity index (χ3n) is 5.69. The second kappa shape index (κ2) is 12.1. The molecule has 1 saturated heterocycles. The average molecular weight is 542 g/mol. The number of rotatable bonds is 8. The van der Waals surface area contributed by atoms with E-state index in [4.69, 9.17) is 21.1 Å². The van der Waals surface area contributed by atoms with Gasteiger partial charge in [0.05, 0.1) is 30.6 Å². The summed E-state index contributed by atoms with van der Waals surface area (Å²) >= 11 is 7.37. The summed E-state index contributed by atoms with van der Waals surface area (Å²) in [5.41, 5.74) is 1.88. The van der Waals surface area contributed by atoms with Gasteiger partial charge in [0.15, 0.2) is 16.7 Å². The zero-order chi connectivity index (χ0) is 26.4. The Balaban J connectivity index is 1.56. The minimum atomic E-state index is -0.708. The van der Waals surface area contributed by atoms with Crippen LogP contribution in [-0.2, 0) is 16.0 Å². The lowest BCUT2D eigenvalue weighted by Crippen LogP contribution is -2.46. The molecule has 1 heterocycles. The number of amidine groups is 1. The predicted octanol–water partition coefficient (Wildman–Crippen LogP) is 5.70. The molecule has 0 unspecified atom stereocenters. The molecule has 0 saturated carbocycles. The average Bonchev–Trinajstić information content (AvgIpc) is 2.90. The number of amides is 2. The Hall–Kier alpha value is -3.56. The molecule has 1 atom stereocenters. The molecule has 1 aliphatic rings. The monoisotopic (exact) mass is 541 g/mol. The third kappa shape index (κ3) is 6.61. The fraction of sp³-hybridized carbons (Fsp3) is 0.222. The number of methoxy groups -OCH3 is 2. The van der Waals surface area contributed by atoms with Crippen molar-refractivity contribution in [2.45, 2.75) is 18.1 Å². The smallest absolute Gasteiger partial charge is 0.238 e. The van der Waals surface area contributed by atoms with Crippen molar-refractivity contribution in [1.82, 2.24) is 4.90 Å². The highest BCUT2D eigenvalue weighted by molar-refractivity contribution is 8.15. The number of carbonyl (C=O) groups is 2. The number of hydrogen-bond donors (Lipinski definition) is 1. The van der Waals surface area contributed by atoms with E-state index >= 15 is 0 Å². The van der Waals surface area contributed by atoms with Crippen LogP contribution in [0.4, 0.5) is 15.8 Å². The van der Waals surface area contributed by atoms with Crippen LogP contribution in [0.25, 0.3) is 0 Å². The summed E-state index contributed by atoms with van der Waals surface area (Å²) in [5.74, 6) is 0.230. The van der Waals surface area contributed by atoms with Gasteiger partial charge in [-0.05, 0) is 60.5 Å². The van der Waals surface area contributed by atoms with E-state index in [0.29, 0.717) is 46.0 Å². The zero-order valence-corrected chi connectivity index (χ0v) is 21.8. The largest absolute Gasteiger partial charge is 0.493 e. The van der Waals surface area contributed by atoms with Gasteiger partial charge in [-0.3, -0.25) is 14.5 Å². The number of ether oxygens (including phenoxy) is 2. The van der Waals surface area contributed by atoms with Crippen molar-refractivity contribution in [3.63, 3.8) is 0 Å². The minimum Gasteiger partial charge on any atom is -0.493 e. The highest BCUT2D eigenvalue weighted by Crippen LogP contribution is 2.32. The lowest BCUT2D eigenvalue weighted by molar-refractivity contribution is -0.129. The number of nitrogens with zero attached hydrogens (tertiary/aromatic N) is 2. The van der Waals surface area contributed by atoms with Gasteiger partial charge >= 0.3 is 0 Å². The second-order valence-corrected chi connectivity index (χ2v) is 9.71. The Kier molecular flexibility index (Phi) is 8.68. The zero-order valence-electron chi connectivity index (χ0n) is 20.2. The first-order valence-electron chi connectivity index (χ1n) is 11.5. The van der Waals surface area contributed by atoms with E-state index in [0.717, 1.165) is 5.56 Å². The summed E-state index contributed by atoms with van der Waals surface area (Å²) in [7, 11) is 3.13. The second-order valence-electron chi connectivity index (χ2n) is 8.14. The van der Waals surface area contributed by atoms with Crippen molar-refractivity contribution in [1.29, 1.82) is 0 Å². The van der Waals surface area contributed by atoms with Crippen LogP contribution in [-0.4, -0.2) is 47.9 Å². The van der Waals surface area contributed by atoms with E-state index < -0.39 is 11.1 Å². The predicted molar refractivity (Wildman–Crippen MR) is 145 cm³/mol. The molecular formula is C27H25ClFN3O4S. The van der Waals surface area contributed by atoms with Crippen LogP contribution < -0.4 is 14.8 Å². The quantitative estimate of drug-likeness (QED) is 0.396. The maximum atomic E-state index is 13.4. The van der Waals surface area contributed by atoms with E-state index in [-0.39, 0.29) is 18.2 Å². The number of hydrogen-bond acceptors (Lipinski definition) is 6. The maximum absolute atomic E-state index is 13.4. The van der Waals surface area contributed by atoms with Crippen molar-refractivity contribution >= 4 is 51.7 Å². The Morgan fingerprint density at radius 3 is 2.54 bits per heavy atom. The van der Waals surface area contributed by atoms with Crippen molar-refractivity contribution < 1.29 is 23.5 Å². The SMILES string of the molecule is COc1ccc(CCN2C(=O)C[C@H](C(=O)Nc3ccccc3Cl)SC2=Nc2ccc(F)cc2)cc1OC. The molecule has 7 nitrogen and oxygen atoms in total. The molecule has 3 aromatic rings. The van der Waals surface area contributed by atoms with Gasteiger partial charge in [-0.25, -0.2) is 9.38 Å². The topological polar surface area (TPSA) is 80.2 Å². The molecule has 2 amide bonds. The maximum Gasteiger partial charge on any atom is 0.238 e. The Morgan fingerprint density at radius 2 is 1.84 bits per heavy atom. The van der Waals surface area contributed by atoms with Gasteiger partial charge in [0.25, 0.3) is 0 Å². The fourth-order valence-corrected chi connectivity index (χ4v) is 5.05. The molecule has 1 fully saturated rings. The lowest BCUT2D eigenvalue weighted by Gasteiger charge is -2.32. The molecule has 4 rings (SSSR count). The van der Waals surface area contributed by atoms with Crippen LogP contribution in [0.15, 0.2) is 71.7 Å². The first kappa shape index (κ1) is 26.5. The summed E-state index contributed by atoms with van der Waals surface area (Å²) in [5, 5.41) is 2.85. The van der Waals surface area contributed by atoms with Gasteiger partial charge in [-0.15, -0.1) is 0 Å². The van der Waals surface area contributed by atoms with Crippen LogP contribution >= 0.6 is 23.4 Å². The van der Waals surface area contributed by atoms with Crippen LogP contribution in [0.3, 0.4) is 0 Å². The van der Waals surface area contributed by atoms with Crippen LogP contribution in [0, 0.1) is 5.82 Å². The van der Waals surface area contributed by atoms with Gasteiger partial charge in [-0.2, -0.15) is 0 Å².